The topological polar surface area (TPSA) is 88.2 Å². The molecule has 1 amide bonds. The lowest BCUT2D eigenvalue weighted by molar-refractivity contribution is 0.102. The van der Waals surface area contributed by atoms with Crippen LogP contribution in [-0.2, 0) is 16.4 Å². The molecule has 0 aliphatic rings. The van der Waals surface area contributed by atoms with Crippen LogP contribution < -0.4 is 10.0 Å². The molecule has 1 aromatic heterocycles. The van der Waals surface area contributed by atoms with E-state index in [9.17, 15) is 13.2 Å². The smallest absolute Gasteiger partial charge is 0.257 e. The summed E-state index contributed by atoms with van der Waals surface area (Å²) in [5.74, 6) is -0.341. The van der Waals surface area contributed by atoms with Gasteiger partial charge in [-0.25, -0.2) is 13.4 Å². The van der Waals surface area contributed by atoms with E-state index in [1.54, 1.807) is 18.2 Å². The van der Waals surface area contributed by atoms with E-state index in [0.717, 1.165) is 22.9 Å². The van der Waals surface area contributed by atoms with Crippen LogP contribution in [-0.4, -0.2) is 25.6 Å². The van der Waals surface area contributed by atoms with Crippen molar-refractivity contribution < 1.29 is 13.2 Å². The Labute approximate surface area is 150 Å². The lowest BCUT2D eigenvalue weighted by atomic mass is 10.2. The molecule has 0 saturated carbocycles. The van der Waals surface area contributed by atoms with Gasteiger partial charge in [0.1, 0.15) is 0 Å². The van der Waals surface area contributed by atoms with Gasteiger partial charge >= 0.3 is 0 Å². The number of anilines is 2. The standard InChI is InChI=1S/C17H17N3O3S2/c1-3-11-7-8-14-15(9-11)24-17(18-14)19-16(21)12-5-4-6-13(10-12)20-25(2,22)23/h4-10,20H,3H2,1-2H3,(H,18,19,21). The predicted octanol–water partition coefficient (Wildman–Crippen LogP) is 3.48. The van der Waals surface area contributed by atoms with E-state index in [1.807, 2.05) is 12.1 Å². The minimum Gasteiger partial charge on any atom is -0.298 e. The Morgan fingerprint density at radius 1 is 1.20 bits per heavy atom. The van der Waals surface area contributed by atoms with E-state index in [4.69, 9.17) is 0 Å². The molecule has 0 saturated heterocycles. The molecule has 0 spiro atoms. The van der Waals surface area contributed by atoms with Crippen molar-refractivity contribution in [3.05, 3.63) is 53.6 Å². The van der Waals surface area contributed by atoms with Crippen LogP contribution in [0.1, 0.15) is 22.8 Å². The highest BCUT2D eigenvalue weighted by atomic mass is 32.2. The van der Waals surface area contributed by atoms with Crippen molar-refractivity contribution in [2.24, 2.45) is 0 Å². The summed E-state index contributed by atoms with van der Waals surface area (Å²) >= 11 is 1.41. The molecule has 25 heavy (non-hydrogen) atoms. The minimum absolute atomic E-state index is 0.340. The third-order valence-electron chi connectivity index (χ3n) is 3.51. The first-order valence-corrected chi connectivity index (χ1v) is 10.3. The first-order chi connectivity index (χ1) is 11.8. The molecule has 3 aromatic rings. The third-order valence-corrected chi connectivity index (χ3v) is 5.05. The molecular formula is C17H17N3O3S2. The number of nitrogens with zero attached hydrogens (tertiary/aromatic N) is 1. The lowest BCUT2D eigenvalue weighted by Crippen LogP contribution is -2.13. The molecule has 3 rings (SSSR count). The molecule has 0 unspecified atom stereocenters. The Balaban J connectivity index is 1.81. The zero-order chi connectivity index (χ0) is 18.0. The second-order valence-electron chi connectivity index (χ2n) is 5.58. The van der Waals surface area contributed by atoms with Gasteiger partial charge in [0, 0.05) is 11.3 Å². The molecular weight excluding hydrogens is 358 g/mol. The number of amides is 1. The molecule has 6 nitrogen and oxygen atoms in total. The molecule has 0 aliphatic carbocycles. The van der Waals surface area contributed by atoms with Crippen molar-refractivity contribution in [1.82, 2.24) is 4.98 Å². The summed E-state index contributed by atoms with van der Waals surface area (Å²) < 4.78 is 26.0. The molecule has 0 bridgehead atoms. The van der Waals surface area contributed by atoms with E-state index in [1.165, 1.54) is 23.0 Å². The van der Waals surface area contributed by atoms with Gasteiger partial charge in [-0.3, -0.25) is 14.8 Å². The highest BCUT2D eigenvalue weighted by molar-refractivity contribution is 7.92. The number of carbonyl (C=O) groups is 1. The van der Waals surface area contributed by atoms with Crippen molar-refractivity contribution in [3.63, 3.8) is 0 Å². The largest absolute Gasteiger partial charge is 0.298 e. The molecule has 0 radical (unpaired) electrons. The van der Waals surface area contributed by atoms with Crippen molar-refractivity contribution in [2.45, 2.75) is 13.3 Å². The van der Waals surface area contributed by atoms with Crippen molar-refractivity contribution in [1.29, 1.82) is 0 Å². The van der Waals surface area contributed by atoms with Gasteiger partial charge in [-0.15, -0.1) is 0 Å². The van der Waals surface area contributed by atoms with Crippen LogP contribution in [0.15, 0.2) is 42.5 Å². The Bertz CT molecular complexity index is 1040. The number of nitrogens with one attached hydrogen (secondary N) is 2. The number of rotatable bonds is 5. The average molecular weight is 375 g/mol. The number of aromatic nitrogens is 1. The fourth-order valence-corrected chi connectivity index (χ4v) is 3.83. The Morgan fingerprint density at radius 3 is 2.72 bits per heavy atom. The Kier molecular flexibility index (Phi) is 4.73. The second kappa shape index (κ2) is 6.81. The number of thiazole rings is 1. The quantitative estimate of drug-likeness (QED) is 0.714. The van der Waals surface area contributed by atoms with Crippen LogP contribution in [0.2, 0.25) is 0 Å². The van der Waals surface area contributed by atoms with Gasteiger partial charge < -0.3 is 0 Å². The number of carbonyl (C=O) groups excluding carboxylic acids is 1. The van der Waals surface area contributed by atoms with Crippen LogP contribution >= 0.6 is 11.3 Å². The monoisotopic (exact) mass is 375 g/mol. The van der Waals surface area contributed by atoms with Crippen LogP contribution in [0.3, 0.4) is 0 Å². The van der Waals surface area contributed by atoms with Crippen molar-refractivity contribution in [2.75, 3.05) is 16.3 Å². The number of hydrogen-bond donors (Lipinski definition) is 2. The number of fused-ring (bicyclic) bond motifs is 1. The van der Waals surface area contributed by atoms with Crippen LogP contribution in [0.5, 0.6) is 0 Å². The molecule has 1 heterocycles. The highest BCUT2D eigenvalue weighted by Gasteiger charge is 2.11. The summed E-state index contributed by atoms with van der Waals surface area (Å²) in [7, 11) is -3.39. The first-order valence-electron chi connectivity index (χ1n) is 7.63. The van der Waals surface area contributed by atoms with Gasteiger partial charge in [0.25, 0.3) is 5.91 Å². The molecule has 0 atom stereocenters. The van der Waals surface area contributed by atoms with E-state index >= 15 is 0 Å². The van der Waals surface area contributed by atoms with Crippen molar-refractivity contribution >= 4 is 48.3 Å². The predicted molar refractivity (Wildman–Crippen MR) is 102 cm³/mol. The zero-order valence-electron chi connectivity index (χ0n) is 13.7. The first kappa shape index (κ1) is 17.4. The molecule has 8 heteroatoms. The van der Waals surface area contributed by atoms with Crippen LogP contribution in [0.25, 0.3) is 10.2 Å². The van der Waals surface area contributed by atoms with Gasteiger partial charge in [-0.05, 0) is 42.3 Å². The molecule has 0 fully saturated rings. The van der Waals surface area contributed by atoms with Gasteiger partial charge in [0.15, 0.2) is 5.13 Å². The number of aryl methyl sites for hydroxylation is 1. The van der Waals surface area contributed by atoms with E-state index in [2.05, 4.69) is 28.0 Å². The maximum absolute atomic E-state index is 12.4. The Morgan fingerprint density at radius 2 is 2.00 bits per heavy atom. The maximum Gasteiger partial charge on any atom is 0.257 e. The van der Waals surface area contributed by atoms with E-state index in [-0.39, 0.29) is 5.91 Å². The summed E-state index contributed by atoms with van der Waals surface area (Å²) in [6.07, 6.45) is 2.00. The summed E-state index contributed by atoms with van der Waals surface area (Å²) in [5, 5.41) is 3.28. The third kappa shape index (κ3) is 4.34. The lowest BCUT2D eigenvalue weighted by Gasteiger charge is -2.06. The normalized spacial score (nSPS) is 11.4. The molecule has 2 N–H and O–H groups in total. The Hall–Kier alpha value is -2.45. The summed E-state index contributed by atoms with van der Waals surface area (Å²) in [6.45, 7) is 2.09. The van der Waals surface area contributed by atoms with Gasteiger partial charge in [0.05, 0.1) is 16.5 Å². The molecule has 2 aromatic carbocycles. The highest BCUT2D eigenvalue weighted by Crippen LogP contribution is 2.27. The fourth-order valence-electron chi connectivity index (χ4n) is 2.35. The summed E-state index contributed by atoms with van der Waals surface area (Å²) in [5.41, 5.74) is 2.74. The van der Waals surface area contributed by atoms with Crippen LogP contribution in [0.4, 0.5) is 10.8 Å². The van der Waals surface area contributed by atoms with Gasteiger partial charge in [-0.2, -0.15) is 0 Å². The molecule has 130 valence electrons. The maximum atomic E-state index is 12.4. The average Bonchev–Trinajstić information content (AvgIpc) is 2.94. The van der Waals surface area contributed by atoms with Crippen molar-refractivity contribution in [3.8, 4) is 0 Å². The van der Waals surface area contributed by atoms with E-state index in [0.29, 0.717) is 16.4 Å². The number of sulfonamides is 1. The minimum atomic E-state index is -3.39. The van der Waals surface area contributed by atoms with Gasteiger partial charge in [-0.1, -0.05) is 30.4 Å². The number of benzene rings is 2. The number of hydrogen-bond acceptors (Lipinski definition) is 5. The zero-order valence-corrected chi connectivity index (χ0v) is 15.4. The van der Waals surface area contributed by atoms with Crippen LogP contribution in [0, 0.1) is 0 Å². The summed E-state index contributed by atoms with van der Waals surface area (Å²) in [4.78, 5) is 16.8. The van der Waals surface area contributed by atoms with Gasteiger partial charge in [0.2, 0.25) is 10.0 Å². The SMILES string of the molecule is CCc1ccc2nc(NC(=O)c3cccc(NS(C)(=O)=O)c3)sc2c1. The summed E-state index contributed by atoms with van der Waals surface area (Å²) in [6, 6.07) is 12.3. The molecule has 0 aliphatic heterocycles. The van der Waals surface area contributed by atoms with E-state index < -0.39 is 10.0 Å². The fraction of sp³-hybridized carbons (Fsp3) is 0.176. The second-order valence-corrected chi connectivity index (χ2v) is 8.36.